The fraction of sp³-hybridized carbons (Fsp3) is 0.300. The molecule has 0 unspecified atom stereocenters. The molecule has 1 amide bonds. The first kappa shape index (κ1) is 20.8. The van der Waals surface area contributed by atoms with E-state index >= 15 is 0 Å². The molecule has 8 nitrogen and oxygen atoms in total. The van der Waals surface area contributed by atoms with Gasteiger partial charge < -0.3 is 19.9 Å². The predicted octanol–water partition coefficient (Wildman–Crippen LogP) is 4.01. The Labute approximate surface area is 173 Å². The summed E-state index contributed by atoms with van der Waals surface area (Å²) in [6, 6.07) is 8.67. The van der Waals surface area contributed by atoms with Gasteiger partial charge in [-0.25, -0.2) is 0 Å². The molecule has 0 aliphatic carbocycles. The fourth-order valence-electron chi connectivity index (χ4n) is 2.91. The van der Waals surface area contributed by atoms with Crippen LogP contribution < -0.4 is 10.5 Å². The third kappa shape index (κ3) is 4.55. The first-order chi connectivity index (χ1) is 13.8. The molecule has 29 heavy (non-hydrogen) atoms. The zero-order valence-corrected chi connectivity index (χ0v) is 17.3. The Hall–Kier alpha value is -2.97. The summed E-state index contributed by atoms with van der Waals surface area (Å²) >= 11 is 6.37. The molecule has 0 aliphatic heterocycles. The lowest BCUT2D eigenvalue weighted by Crippen LogP contribution is -2.38. The number of nitrogens with two attached hydrogens (primary N) is 1. The second-order valence-electron chi connectivity index (χ2n) is 6.58. The number of nitrogens with zero attached hydrogens (tertiary/aromatic N) is 2. The summed E-state index contributed by atoms with van der Waals surface area (Å²) < 4.78 is 11.6. The number of hydrogen-bond donors (Lipinski definition) is 3. The third-order valence-corrected chi connectivity index (χ3v) is 5.00. The number of carbonyl (C=O) groups excluding carboxylic acids is 1. The summed E-state index contributed by atoms with van der Waals surface area (Å²) in [6.07, 6.45) is 0. The Morgan fingerprint density at radius 3 is 2.66 bits per heavy atom. The van der Waals surface area contributed by atoms with Gasteiger partial charge in [0.05, 0.1) is 17.1 Å². The van der Waals surface area contributed by atoms with Crippen molar-refractivity contribution in [2.75, 3.05) is 20.1 Å². The Bertz CT molecular complexity index is 1040. The Balaban J connectivity index is 1.82. The van der Waals surface area contributed by atoms with Crippen molar-refractivity contribution in [1.82, 2.24) is 14.8 Å². The van der Waals surface area contributed by atoms with Crippen LogP contribution in [0.4, 0.5) is 0 Å². The van der Waals surface area contributed by atoms with Crippen LogP contribution in [0, 0.1) is 5.41 Å². The van der Waals surface area contributed by atoms with E-state index in [1.54, 1.807) is 24.3 Å². The smallest absolute Gasteiger partial charge is 0.290 e. The minimum Gasteiger partial charge on any atom is -0.429 e. The molecule has 0 fully saturated rings. The van der Waals surface area contributed by atoms with Crippen molar-refractivity contribution in [2.24, 2.45) is 5.73 Å². The summed E-state index contributed by atoms with van der Waals surface area (Å²) in [6.45, 7) is 6.79. The number of amides is 1. The number of H-pyrrole nitrogens is 1. The number of hydrogen-bond acceptors (Lipinski definition) is 5. The zero-order valence-electron chi connectivity index (χ0n) is 16.6. The zero-order chi connectivity index (χ0) is 21.1. The lowest BCUT2D eigenvalue weighted by atomic mass is 10.2. The number of ether oxygens (including phenoxy) is 1. The third-order valence-electron chi connectivity index (χ3n) is 4.69. The molecule has 3 aromatic rings. The second kappa shape index (κ2) is 8.59. The van der Waals surface area contributed by atoms with E-state index in [1.165, 1.54) is 7.05 Å². The number of guanidine groups is 1. The number of halogens is 1. The minimum absolute atomic E-state index is 0.274. The van der Waals surface area contributed by atoms with E-state index in [-0.39, 0.29) is 11.7 Å². The van der Waals surface area contributed by atoms with E-state index in [0.29, 0.717) is 34.2 Å². The first-order valence-electron chi connectivity index (χ1n) is 9.25. The average molecular weight is 418 g/mol. The van der Waals surface area contributed by atoms with Crippen LogP contribution in [0.15, 0.2) is 34.7 Å². The van der Waals surface area contributed by atoms with Crippen molar-refractivity contribution in [2.45, 2.75) is 20.4 Å². The maximum atomic E-state index is 12.4. The fourth-order valence-corrected chi connectivity index (χ4v) is 3.18. The van der Waals surface area contributed by atoms with Gasteiger partial charge in [-0.3, -0.25) is 20.0 Å². The van der Waals surface area contributed by atoms with E-state index in [9.17, 15) is 4.79 Å². The molecule has 0 saturated carbocycles. The number of rotatable bonds is 7. The van der Waals surface area contributed by atoms with Crippen molar-refractivity contribution in [3.8, 4) is 11.7 Å². The molecule has 2 aromatic heterocycles. The summed E-state index contributed by atoms with van der Waals surface area (Å²) in [7, 11) is 1.43. The molecular formula is C20H24ClN5O3. The molecule has 4 N–H and O–H groups in total. The molecule has 0 aliphatic rings. The van der Waals surface area contributed by atoms with Gasteiger partial charge in [0.2, 0.25) is 0 Å². The molecule has 0 spiro atoms. The van der Waals surface area contributed by atoms with Gasteiger partial charge in [-0.05, 0) is 25.2 Å². The van der Waals surface area contributed by atoms with Gasteiger partial charge in [0.1, 0.15) is 17.2 Å². The van der Waals surface area contributed by atoms with Crippen molar-refractivity contribution in [3.63, 3.8) is 0 Å². The molecule has 0 radical (unpaired) electrons. The van der Waals surface area contributed by atoms with E-state index in [2.05, 4.69) is 23.7 Å². The highest BCUT2D eigenvalue weighted by Crippen LogP contribution is 2.33. The Morgan fingerprint density at radius 1 is 1.28 bits per heavy atom. The van der Waals surface area contributed by atoms with Crippen molar-refractivity contribution in [3.05, 3.63) is 46.8 Å². The van der Waals surface area contributed by atoms with Crippen LogP contribution in [-0.4, -0.2) is 46.8 Å². The SMILES string of the molecule is CCN(CC)Cc1ccc(Oc2cc(Cl)c3cc(C(=O)N(C)C(=N)N)[nH]c3c2)o1. The first-order valence-corrected chi connectivity index (χ1v) is 9.63. The number of carbonyl (C=O) groups is 1. The normalized spacial score (nSPS) is 11.2. The van der Waals surface area contributed by atoms with Gasteiger partial charge in [0.25, 0.3) is 11.9 Å². The summed E-state index contributed by atoms with van der Waals surface area (Å²) in [5.41, 5.74) is 6.28. The Kier molecular flexibility index (Phi) is 6.14. The molecule has 154 valence electrons. The van der Waals surface area contributed by atoms with Crippen LogP contribution in [0.3, 0.4) is 0 Å². The van der Waals surface area contributed by atoms with Crippen LogP contribution in [0.1, 0.15) is 30.1 Å². The van der Waals surface area contributed by atoms with Crippen LogP contribution in [-0.2, 0) is 6.54 Å². The molecule has 2 heterocycles. The van der Waals surface area contributed by atoms with E-state index in [0.717, 1.165) is 23.7 Å². The van der Waals surface area contributed by atoms with Crippen molar-refractivity contribution < 1.29 is 13.9 Å². The van der Waals surface area contributed by atoms with Crippen LogP contribution in [0.5, 0.6) is 11.7 Å². The second-order valence-corrected chi connectivity index (χ2v) is 6.99. The minimum atomic E-state index is -0.431. The highest BCUT2D eigenvalue weighted by atomic mass is 35.5. The van der Waals surface area contributed by atoms with E-state index < -0.39 is 5.91 Å². The molecule has 0 saturated heterocycles. The maximum Gasteiger partial charge on any atom is 0.290 e. The number of nitrogens with one attached hydrogen (secondary N) is 2. The van der Waals surface area contributed by atoms with Crippen molar-refractivity contribution >= 4 is 34.4 Å². The highest BCUT2D eigenvalue weighted by Gasteiger charge is 2.18. The number of fused-ring (bicyclic) bond motifs is 1. The topological polar surface area (TPSA) is 112 Å². The molecule has 1 aromatic carbocycles. The summed E-state index contributed by atoms with van der Waals surface area (Å²) in [5, 5.41) is 8.49. The molecule has 3 rings (SSSR count). The van der Waals surface area contributed by atoms with Crippen molar-refractivity contribution in [1.29, 1.82) is 5.41 Å². The number of aromatic nitrogens is 1. The number of benzene rings is 1. The van der Waals surface area contributed by atoms with E-state index in [1.807, 2.05) is 6.07 Å². The largest absolute Gasteiger partial charge is 0.429 e. The van der Waals surface area contributed by atoms with Gasteiger partial charge >= 0.3 is 0 Å². The monoisotopic (exact) mass is 417 g/mol. The Morgan fingerprint density at radius 2 is 2.00 bits per heavy atom. The standard InChI is InChI=1S/C20H24ClN5O3/c1-4-26(5-2)11-12-6-7-18(28-12)29-13-8-15(21)14-10-17(24-16(14)9-13)19(27)25(3)20(22)23/h6-10,24H,4-5,11H2,1-3H3,(H3,22,23). The lowest BCUT2D eigenvalue weighted by Gasteiger charge is -2.15. The van der Waals surface area contributed by atoms with Crippen LogP contribution >= 0.6 is 11.6 Å². The molecule has 0 atom stereocenters. The quantitative estimate of drug-likeness (QED) is 0.397. The number of aromatic amines is 1. The number of furan rings is 1. The molecule has 0 bridgehead atoms. The van der Waals surface area contributed by atoms with Gasteiger partial charge in [0.15, 0.2) is 5.96 Å². The van der Waals surface area contributed by atoms with Crippen LogP contribution in [0.25, 0.3) is 10.9 Å². The molecule has 9 heteroatoms. The van der Waals surface area contributed by atoms with Gasteiger partial charge in [-0.15, -0.1) is 0 Å². The predicted molar refractivity (Wildman–Crippen MR) is 113 cm³/mol. The van der Waals surface area contributed by atoms with Crippen LogP contribution in [0.2, 0.25) is 5.02 Å². The van der Waals surface area contributed by atoms with Gasteiger partial charge in [0, 0.05) is 30.6 Å². The lowest BCUT2D eigenvalue weighted by molar-refractivity contribution is 0.0864. The summed E-state index contributed by atoms with van der Waals surface area (Å²) in [4.78, 5) is 18.6. The van der Waals surface area contributed by atoms with Gasteiger partial charge in [-0.1, -0.05) is 25.4 Å². The van der Waals surface area contributed by atoms with E-state index in [4.69, 9.17) is 31.9 Å². The summed E-state index contributed by atoms with van der Waals surface area (Å²) in [5.74, 6) is 0.881. The molecular weight excluding hydrogens is 394 g/mol. The highest BCUT2D eigenvalue weighted by molar-refractivity contribution is 6.35. The average Bonchev–Trinajstić information content (AvgIpc) is 3.31. The maximum absolute atomic E-state index is 12.4. The van der Waals surface area contributed by atoms with Gasteiger partial charge in [-0.2, -0.15) is 0 Å².